The first-order chi connectivity index (χ1) is 8.13. The number of anilines is 1. The average Bonchev–Trinajstić information content (AvgIpc) is 2.29. The van der Waals surface area contributed by atoms with Crippen molar-refractivity contribution in [2.45, 2.75) is 31.8 Å². The lowest BCUT2D eigenvalue weighted by Crippen LogP contribution is -2.20. The zero-order chi connectivity index (χ0) is 12.7. The molecule has 0 unspecified atom stereocenters. The van der Waals surface area contributed by atoms with Gasteiger partial charge >= 0.3 is 0 Å². The Bertz CT molecular complexity index is 366. The largest absolute Gasteiger partial charge is 0.369 e. The molecular weight excluding hydrogens is 234 g/mol. The molecule has 0 aromatic heterocycles. The fraction of sp³-hybridized carbons (Fsp3) is 0.462. The molecule has 1 aromatic carbocycles. The van der Waals surface area contributed by atoms with E-state index in [9.17, 15) is 4.79 Å². The Morgan fingerprint density at radius 3 is 2.76 bits per heavy atom. The molecule has 0 bridgehead atoms. The molecule has 94 valence electrons. The predicted octanol–water partition coefficient (Wildman–Crippen LogP) is 3.16. The Labute approximate surface area is 107 Å². The van der Waals surface area contributed by atoms with E-state index in [1.54, 1.807) is 11.8 Å². The minimum atomic E-state index is -0.108. The molecule has 1 rings (SSSR count). The summed E-state index contributed by atoms with van der Waals surface area (Å²) in [6.07, 6.45) is 0.0704. The molecule has 0 fully saturated rings. The van der Waals surface area contributed by atoms with Crippen LogP contribution in [0.1, 0.15) is 20.8 Å². The minimum Gasteiger partial charge on any atom is -0.369 e. The molecular formula is C13H19NO2S. The first-order valence-electron chi connectivity index (χ1n) is 5.76. The van der Waals surface area contributed by atoms with E-state index in [0.717, 1.165) is 16.3 Å². The van der Waals surface area contributed by atoms with Gasteiger partial charge in [0.05, 0.1) is 11.8 Å². The number of thioether (sulfide) groups is 1. The third kappa shape index (κ3) is 5.24. The van der Waals surface area contributed by atoms with Gasteiger partial charge in [-0.15, -0.1) is 11.8 Å². The normalized spacial score (nSPS) is 10.6. The summed E-state index contributed by atoms with van der Waals surface area (Å²) >= 11 is 1.71. The van der Waals surface area contributed by atoms with E-state index in [1.807, 2.05) is 38.1 Å². The molecule has 3 nitrogen and oxygen atoms in total. The van der Waals surface area contributed by atoms with Crippen molar-refractivity contribution in [1.29, 1.82) is 0 Å². The van der Waals surface area contributed by atoms with Crippen LogP contribution in [0.2, 0.25) is 0 Å². The number of nitrogens with one attached hydrogen (secondary N) is 1. The van der Waals surface area contributed by atoms with E-state index in [0.29, 0.717) is 0 Å². The van der Waals surface area contributed by atoms with Gasteiger partial charge in [-0.1, -0.05) is 19.1 Å². The Morgan fingerprint density at radius 2 is 2.12 bits per heavy atom. The van der Waals surface area contributed by atoms with Crippen LogP contribution in [0.5, 0.6) is 0 Å². The Morgan fingerprint density at radius 1 is 1.41 bits per heavy atom. The van der Waals surface area contributed by atoms with Gasteiger partial charge in [-0.25, -0.2) is 0 Å². The highest BCUT2D eigenvalue weighted by molar-refractivity contribution is 7.99. The van der Waals surface area contributed by atoms with Crippen molar-refractivity contribution in [3.05, 3.63) is 24.3 Å². The van der Waals surface area contributed by atoms with Gasteiger partial charge in [0.2, 0.25) is 5.91 Å². The van der Waals surface area contributed by atoms with Crippen molar-refractivity contribution in [2.75, 3.05) is 17.7 Å². The first-order valence-corrected chi connectivity index (χ1v) is 6.75. The fourth-order valence-electron chi connectivity index (χ4n) is 1.28. The molecule has 0 aliphatic rings. The van der Waals surface area contributed by atoms with Gasteiger partial charge in [0.1, 0.15) is 6.61 Å². The van der Waals surface area contributed by atoms with Gasteiger partial charge in [0.15, 0.2) is 0 Å². The highest BCUT2D eigenvalue weighted by Gasteiger charge is 2.07. The third-order valence-electron chi connectivity index (χ3n) is 2.01. The summed E-state index contributed by atoms with van der Waals surface area (Å²) in [6.45, 7) is 6.01. The maximum atomic E-state index is 11.6. The molecule has 1 N–H and O–H groups in total. The number of ether oxygens (including phenoxy) is 1. The molecule has 0 saturated heterocycles. The quantitative estimate of drug-likeness (QED) is 0.791. The Balaban J connectivity index is 2.58. The van der Waals surface area contributed by atoms with Crippen LogP contribution < -0.4 is 5.32 Å². The minimum absolute atomic E-state index is 0.0704. The zero-order valence-electron chi connectivity index (χ0n) is 10.5. The number of benzene rings is 1. The number of carbonyl (C=O) groups excluding carboxylic acids is 1. The number of carbonyl (C=O) groups is 1. The van der Waals surface area contributed by atoms with E-state index < -0.39 is 0 Å². The van der Waals surface area contributed by atoms with Crippen molar-refractivity contribution < 1.29 is 9.53 Å². The second-order valence-corrected chi connectivity index (χ2v) is 5.14. The average molecular weight is 253 g/mol. The van der Waals surface area contributed by atoms with E-state index in [2.05, 4.69) is 12.2 Å². The second-order valence-electron chi connectivity index (χ2n) is 3.84. The summed E-state index contributed by atoms with van der Waals surface area (Å²) in [5.41, 5.74) is 0.858. The van der Waals surface area contributed by atoms with Crippen LogP contribution in [0.15, 0.2) is 29.2 Å². The number of amides is 1. The molecule has 1 aromatic rings. The highest BCUT2D eigenvalue weighted by Crippen LogP contribution is 2.26. The summed E-state index contributed by atoms with van der Waals surface area (Å²) in [7, 11) is 0. The summed E-state index contributed by atoms with van der Waals surface area (Å²) in [4.78, 5) is 12.7. The van der Waals surface area contributed by atoms with Crippen LogP contribution in [0.4, 0.5) is 5.69 Å². The monoisotopic (exact) mass is 253 g/mol. The van der Waals surface area contributed by atoms with E-state index in [1.165, 1.54) is 0 Å². The molecule has 0 saturated carbocycles. The molecule has 0 heterocycles. The lowest BCUT2D eigenvalue weighted by molar-refractivity contribution is -0.121. The molecule has 0 spiro atoms. The van der Waals surface area contributed by atoms with Crippen molar-refractivity contribution in [3.63, 3.8) is 0 Å². The van der Waals surface area contributed by atoms with Crippen LogP contribution >= 0.6 is 11.8 Å². The van der Waals surface area contributed by atoms with Crippen molar-refractivity contribution in [1.82, 2.24) is 0 Å². The SMILES string of the molecule is CCSc1ccccc1NC(=O)COC(C)C. The number of para-hydroxylation sites is 1. The van der Waals surface area contributed by atoms with Gasteiger partial charge in [0.25, 0.3) is 0 Å². The Kier molecular flexibility index (Phi) is 6.08. The van der Waals surface area contributed by atoms with Gasteiger partial charge in [-0.3, -0.25) is 4.79 Å². The molecule has 0 atom stereocenters. The van der Waals surface area contributed by atoms with Gasteiger partial charge in [-0.2, -0.15) is 0 Å². The number of hydrogen-bond acceptors (Lipinski definition) is 3. The molecule has 17 heavy (non-hydrogen) atoms. The maximum absolute atomic E-state index is 11.6. The summed E-state index contributed by atoms with van der Waals surface area (Å²) < 4.78 is 5.26. The third-order valence-corrected chi connectivity index (χ3v) is 2.96. The van der Waals surface area contributed by atoms with Crippen LogP contribution in [0.25, 0.3) is 0 Å². The second kappa shape index (κ2) is 7.35. The smallest absolute Gasteiger partial charge is 0.250 e. The summed E-state index contributed by atoms with van der Waals surface area (Å²) in [5.74, 6) is 0.873. The predicted molar refractivity (Wildman–Crippen MR) is 72.6 cm³/mol. The van der Waals surface area contributed by atoms with Crippen LogP contribution in [-0.4, -0.2) is 24.4 Å². The molecule has 0 aliphatic heterocycles. The lowest BCUT2D eigenvalue weighted by Gasteiger charge is -2.11. The molecule has 0 radical (unpaired) electrons. The molecule has 4 heteroatoms. The number of hydrogen-bond donors (Lipinski definition) is 1. The topological polar surface area (TPSA) is 38.3 Å². The fourth-order valence-corrected chi connectivity index (χ4v) is 2.04. The summed E-state index contributed by atoms with van der Waals surface area (Å²) in [5, 5.41) is 2.87. The van der Waals surface area contributed by atoms with E-state index >= 15 is 0 Å². The van der Waals surface area contributed by atoms with Gasteiger partial charge < -0.3 is 10.1 Å². The van der Waals surface area contributed by atoms with Gasteiger partial charge in [0, 0.05) is 4.90 Å². The van der Waals surface area contributed by atoms with Crippen LogP contribution in [0, 0.1) is 0 Å². The highest BCUT2D eigenvalue weighted by atomic mass is 32.2. The van der Waals surface area contributed by atoms with Gasteiger partial charge in [-0.05, 0) is 31.7 Å². The Hall–Kier alpha value is -1.00. The van der Waals surface area contributed by atoms with Crippen LogP contribution in [-0.2, 0) is 9.53 Å². The van der Waals surface area contributed by atoms with Crippen molar-refractivity contribution in [2.24, 2.45) is 0 Å². The standard InChI is InChI=1S/C13H19NO2S/c1-4-17-12-8-6-5-7-11(12)14-13(15)9-16-10(2)3/h5-8,10H,4,9H2,1-3H3,(H,14,15). The van der Waals surface area contributed by atoms with E-state index in [4.69, 9.17) is 4.74 Å². The zero-order valence-corrected chi connectivity index (χ0v) is 11.3. The van der Waals surface area contributed by atoms with Crippen molar-refractivity contribution >= 4 is 23.4 Å². The molecule has 1 amide bonds. The lowest BCUT2D eigenvalue weighted by atomic mass is 10.3. The van der Waals surface area contributed by atoms with Crippen molar-refractivity contribution in [3.8, 4) is 0 Å². The van der Waals surface area contributed by atoms with Crippen LogP contribution in [0.3, 0.4) is 0 Å². The van der Waals surface area contributed by atoms with E-state index in [-0.39, 0.29) is 18.6 Å². The number of rotatable bonds is 6. The maximum Gasteiger partial charge on any atom is 0.250 e. The summed E-state index contributed by atoms with van der Waals surface area (Å²) in [6, 6.07) is 7.80. The first kappa shape index (κ1) is 14.1. The molecule has 0 aliphatic carbocycles.